The van der Waals surface area contributed by atoms with Crippen LogP contribution in [0.4, 0.5) is 0 Å². The van der Waals surface area contributed by atoms with Gasteiger partial charge in [0.05, 0.1) is 7.11 Å². The summed E-state index contributed by atoms with van der Waals surface area (Å²) in [6.45, 7) is 0. The summed E-state index contributed by atoms with van der Waals surface area (Å²) in [5.74, 6) is -3.81. The molecule has 8 nitrogen and oxygen atoms in total. The molecule has 0 aliphatic carbocycles. The van der Waals surface area contributed by atoms with Crippen LogP contribution >= 0.6 is 0 Å². The van der Waals surface area contributed by atoms with E-state index in [1.165, 1.54) is 30.3 Å². The molecule has 1 aliphatic heterocycles. The molecule has 0 aromatic heterocycles. The zero-order chi connectivity index (χ0) is 19.7. The van der Waals surface area contributed by atoms with Crippen molar-refractivity contribution in [3.8, 4) is 17.2 Å². The van der Waals surface area contributed by atoms with Crippen LogP contribution in [0.25, 0.3) is 11.1 Å². The number of hydrogen-bond acceptors (Lipinski definition) is 8. The van der Waals surface area contributed by atoms with Gasteiger partial charge in [-0.3, -0.25) is 0 Å². The zero-order valence-corrected chi connectivity index (χ0v) is 14.0. The third kappa shape index (κ3) is 3.15. The van der Waals surface area contributed by atoms with Gasteiger partial charge in [-0.25, -0.2) is 9.59 Å². The van der Waals surface area contributed by atoms with Crippen LogP contribution in [0.3, 0.4) is 0 Å². The normalized spacial score (nSPS) is 15.5. The number of phenols is 3. The number of aliphatic hydroxyl groups is 1. The summed E-state index contributed by atoms with van der Waals surface area (Å²) in [5.41, 5.74) is -0.191. The Labute approximate surface area is 152 Å². The quantitative estimate of drug-likeness (QED) is 0.367. The fourth-order valence-electron chi connectivity index (χ4n) is 2.58. The van der Waals surface area contributed by atoms with E-state index in [1.54, 1.807) is 0 Å². The van der Waals surface area contributed by atoms with Crippen LogP contribution < -0.4 is 0 Å². The molecule has 138 valence electrons. The Kier molecular flexibility index (Phi) is 4.47. The predicted octanol–water partition coefficient (Wildman–Crippen LogP) is 2.21. The van der Waals surface area contributed by atoms with Crippen molar-refractivity contribution in [2.45, 2.75) is 0 Å². The Bertz CT molecular complexity index is 999. The number of aromatic hydroxyl groups is 3. The molecule has 1 heterocycles. The minimum Gasteiger partial charge on any atom is -0.508 e. The maximum Gasteiger partial charge on any atom is 0.348 e. The highest BCUT2D eigenvalue weighted by Gasteiger charge is 2.36. The van der Waals surface area contributed by atoms with Crippen molar-refractivity contribution >= 4 is 23.1 Å². The molecule has 0 saturated carbocycles. The number of methoxy groups -OCH3 is 1. The van der Waals surface area contributed by atoms with Crippen molar-refractivity contribution in [3.63, 3.8) is 0 Å². The molecule has 0 amide bonds. The van der Waals surface area contributed by atoms with Gasteiger partial charge in [0.2, 0.25) is 0 Å². The van der Waals surface area contributed by atoms with E-state index < -0.39 is 35.0 Å². The van der Waals surface area contributed by atoms with Gasteiger partial charge in [0.15, 0.2) is 23.0 Å². The summed E-state index contributed by atoms with van der Waals surface area (Å²) in [5, 5.41) is 39.0. The van der Waals surface area contributed by atoms with E-state index in [9.17, 15) is 30.0 Å². The minimum absolute atomic E-state index is 0.0450. The van der Waals surface area contributed by atoms with Gasteiger partial charge >= 0.3 is 11.9 Å². The van der Waals surface area contributed by atoms with Crippen molar-refractivity contribution in [3.05, 3.63) is 65.1 Å². The lowest BCUT2D eigenvalue weighted by Gasteiger charge is -2.09. The predicted molar refractivity (Wildman–Crippen MR) is 92.5 cm³/mol. The van der Waals surface area contributed by atoms with Crippen molar-refractivity contribution in [2.75, 3.05) is 7.11 Å². The number of cyclic esters (lactones) is 1. The maximum atomic E-state index is 12.3. The Hall–Kier alpha value is -3.94. The zero-order valence-electron chi connectivity index (χ0n) is 14.0. The largest absolute Gasteiger partial charge is 0.508 e. The Morgan fingerprint density at radius 2 is 1.63 bits per heavy atom. The van der Waals surface area contributed by atoms with Crippen LogP contribution in [0.2, 0.25) is 0 Å². The standard InChI is InChI=1S/C19H14O8/c1-26-18(24)15(9-2-5-11(20)6-3-9)17-16(23)14(19(25)27-17)10-4-7-12(21)13(22)8-10/h2-8,20-23H,1H3/b17-15+. The molecular formula is C19H14O8. The van der Waals surface area contributed by atoms with E-state index in [-0.39, 0.29) is 28.0 Å². The summed E-state index contributed by atoms with van der Waals surface area (Å²) < 4.78 is 9.80. The van der Waals surface area contributed by atoms with Gasteiger partial charge in [-0.15, -0.1) is 0 Å². The SMILES string of the molecule is COC(=O)/C(=C1/OC(=O)C(c2ccc(O)c(O)c2)=C1O)c1ccc(O)cc1. The van der Waals surface area contributed by atoms with Crippen LogP contribution in [0.5, 0.6) is 17.2 Å². The number of carbonyl (C=O) groups excluding carboxylic acids is 2. The maximum absolute atomic E-state index is 12.3. The molecular weight excluding hydrogens is 356 g/mol. The number of benzene rings is 2. The fraction of sp³-hybridized carbons (Fsp3) is 0.0526. The third-order valence-electron chi connectivity index (χ3n) is 3.89. The number of esters is 2. The third-order valence-corrected chi connectivity index (χ3v) is 3.89. The second-order valence-electron chi connectivity index (χ2n) is 5.56. The highest BCUT2D eigenvalue weighted by molar-refractivity contribution is 6.25. The molecule has 2 aromatic carbocycles. The Morgan fingerprint density at radius 3 is 2.22 bits per heavy atom. The Morgan fingerprint density at radius 1 is 0.963 bits per heavy atom. The number of phenolic OH excluding ortho intramolecular Hbond substituents is 3. The minimum atomic E-state index is -0.951. The highest BCUT2D eigenvalue weighted by Crippen LogP contribution is 2.38. The number of hydrogen-bond donors (Lipinski definition) is 4. The van der Waals surface area contributed by atoms with Gasteiger partial charge in [0.25, 0.3) is 0 Å². The van der Waals surface area contributed by atoms with E-state index >= 15 is 0 Å². The molecule has 4 N–H and O–H groups in total. The van der Waals surface area contributed by atoms with E-state index in [4.69, 9.17) is 9.47 Å². The molecule has 0 atom stereocenters. The van der Waals surface area contributed by atoms with Gasteiger partial charge in [-0.2, -0.15) is 0 Å². The average Bonchev–Trinajstić information content (AvgIpc) is 2.93. The second-order valence-corrected chi connectivity index (χ2v) is 5.56. The molecule has 2 aromatic rings. The smallest absolute Gasteiger partial charge is 0.348 e. The number of ether oxygens (including phenoxy) is 2. The summed E-state index contributed by atoms with van der Waals surface area (Å²) in [7, 11) is 1.12. The van der Waals surface area contributed by atoms with Gasteiger partial charge in [0, 0.05) is 0 Å². The topological polar surface area (TPSA) is 134 Å². The molecule has 0 radical (unpaired) electrons. The lowest BCUT2D eigenvalue weighted by Crippen LogP contribution is -2.09. The average molecular weight is 370 g/mol. The Balaban J connectivity index is 2.21. The number of rotatable bonds is 3. The highest BCUT2D eigenvalue weighted by atomic mass is 16.6. The number of carbonyl (C=O) groups is 2. The molecule has 0 saturated heterocycles. The van der Waals surface area contributed by atoms with Crippen LogP contribution in [-0.2, 0) is 19.1 Å². The lowest BCUT2D eigenvalue weighted by molar-refractivity contribution is -0.134. The molecule has 0 spiro atoms. The molecule has 8 heteroatoms. The monoisotopic (exact) mass is 370 g/mol. The van der Waals surface area contributed by atoms with E-state index in [1.807, 2.05) is 0 Å². The van der Waals surface area contributed by atoms with E-state index in [2.05, 4.69) is 0 Å². The first-order chi connectivity index (χ1) is 12.8. The first-order valence-corrected chi connectivity index (χ1v) is 7.63. The molecule has 1 aliphatic rings. The van der Waals surface area contributed by atoms with Crippen molar-refractivity contribution < 1.29 is 39.5 Å². The van der Waals surface area contributed by atoms with Gasteiger partial charge in [0.1, 0.15) is 16.9 Å². The van der Waals surface area contributed by atoms with Crippen molar-refractivity contribution in [1.82, 2.24) is 0 Å². The van der Waals surface area contributed by atoms with Gasteiger partial charge in [-0.1, -0.05) is 18.2 Å². The molecule has 0 fully saturated rings. The van der Waals surface area contributed by atoms with E-state index in [0.717, 1.165) is 19.2 Å². The van der Waals surface area contributed by atoms with E-state index in [0.29, 0.717) is 0 Å². The van der Waals surface area contributed by atoms with Crippen molar-refractivity contribution in [2.24, 2.45) is 0 Å². The molecule has 3 rings (SSSR count). The van der Waals surface area contributed by atoms with Crippen LogP contribution in [-0.4, -0.2) is 39.5 Å². The van der Waals surface area contributed by atoms with Gasteiger partial charge < -0.3 is 29.9 Å². The number of aliphatic hydroxyl groups excluding tert-OH is 1. The summed E-state index contributed by atoms with van der Waals surface area (Å²) in [4.78, 5) is 24.5. The second kappa shape index (κ2) is 6.75. The van der Waals surface area contributed by atoms with Crippen LogP contribution in [0.15, 0.2) is 54.0 Å². The first kappa shape index (κ1) is 17.9. The van der Waals surface area contributed by atoms with Gasteiger partial charge in [-0.05, 0) is 35.4 Å². The summed E-state index contributed by atoms with van der Waals surface area (Å²) in [6.07, 6.45) is 0. The molecule has 0 unspecified atom stereocenters. The van der Waals surface area contributed by atoms with Crippen molar-refractivity contribution in [1.29, 1.82) is 0 Å². The van der Waals surface area contributed by atoms with Crippen LogP contribution in [0, 0.1) is 0 Å². The summed E-state index contributed by atoms with van der Waals surface area (Å²) in [6, 6.07) is 8.92. The van der Waals surface area contributed by atoms with Crippen LogP contribution in [0.1, 0.15) is 11.1 Å². The molecule has 27 heavy (non-hydrogen) atoms. The fourth-order valence-corrected chi connectivity index (χ4v) is 2.58. The summed E-state index contributed by atoms with van der Waals surface area (Å²) >= 11 is 0. The molecule has 0 bridgehead atoms. The first-order valence-electron chi connectivity index (χ1n) is 7.63. The lowest BCUT2D eigenvalue weighted by atomic mass is 10.0.